The number of unbranched alkanes of at least 4 members (excludes halogenated alkanes) is 1. The SMILES string of the molecule is CCCCC(=N)NCCNc1ccc(O)c2c1C(=O)c1c(O)ccc(NCCN(C)C)c1C2=O. The highest BCUT2D eigenvalue weighted by molar-refractivity contribution is 6.33. The molecule has 2 aromatic rings. The van der Waals surface area contributed by atoms with Gasteiger partial charge in [0.2, 0.25) is 11.6 Å². The smallest absolute Gasteiger partial charge is 0.200 e. The summed E-state index contributed by atoms with van der Waals surface area (Å²) in [5, 5.41) is 38.2. The summed E-state index contributed by atoms with van der Waals surface area (Å²) in [5.41, 5.74) is 0.789. The second kappa shape index (κ2) is 11.0. The van der Waals surface area contributed by atoms with Crippen molar-refractivity contribution in [3.63, 3.8) is 0 Å². The first-order valence-electron chi connectivity index (χ1n) is 11.5. The van der Waals surface area contributed by atoms with E-state index in [0.717, 1.165) is 12.8 Å². The zero-order valence-corrected chi connectivity index (χ0v) is 19.9. The lowest BCUT2D eigenvalue weighted by Gasteiger charge is -2.25. The van der Waals surface area contributed by atoms with Crippen LogP contribution in [0.3, 0.4) is 0 Å². The molecule has 0 aromatic heterocycles. The van der Waals surface area contributed by atoms with Crippen LogP contribution in [0.1, 0.15) is 58.0 Å². The summed E-state index contributed by atoms with van der Waals surface area (Å²) in [6.07, 6.45) is 2.63. The number of amidine groups is 1. The van der Waals surface area contributed by atoms with Crippen molar-refractivity contribution in [3.8, 4) is 11.5 Å². The van der Waals surface area contributed by atoms with Gasteiger partial charge in [0.1, 0.15) is 11.5 Å². The first-order valence-corrected chi connectivity index (χ1v) is 11.5. The number of fused-ring (bicyclic) bond motifs is 2. The number of phenols is 2. The molecule has 0 atom stereocenters. The second-order valence-electron chi connectivity index (χ2n) is 8.59. The van der Waals surface area contributed by atoms with E-state index in [1.54, 1.807) is 12.1 Å². The quantitative estimate of drug-likeness (QED) is 0.110. The zero-order chi connectivity index (χ0) is 24.8. The maximum absolute atomic E-state index is 13.5. The third-order valence-corrected chi connectivity index (χ3v) is 5.71. The number of rotatable bonds is 11. The number of anilines is 2. The Kier molecular flexibility index (Phi) is 8.12. The summed E-state index contributed by atoms with van der Waals surface area (Å²) in [4.78, 5) is 28.9. The molecule has 1 aliphatic carbocycles. The molecule has 0 unspecified atom stereocenters. The number of hydrogen-bond donors (Lipinski definition) is 6. The zero-order valence-electron chi connectivity index (χ0n) is 19.9. The molecule has 0 radical (unpaired) electrons. The molecule has 0 fully saturated rings. The molecule has 9 nitrogen and oxygen atoms in total. The molecule has 0 saturated heterocycles. The summed E-state index contributed by atoms with van der Waals surface area (Å²) in [5.74, 6) is -1.16. The predicted molar refractivity (Wildman–Crippen MR) is 134 cm³/mol. The lowest BCUT2D eigenvalue weighted by atomic mass is 9.81. The lowest BCUT2D eigenvalue weighted by Crippen LogP contribution is -2.29. The summed E-state index contributed by atoms with van der Waals surface area (Å²) in [7, 11) is 3.85. The minimum Gasteiger partial charge on any atom is -0.507 e. The molecule has 182 valence electrons. The van der Waals surface area contributed by atoms with E-state index in [2.05, 4.69) is 22.9 Å². The van der Waals surface area contributed by atoms with Crippen LogP contribution in [0.5, 0.6) is 11.5 Å². The van der Waals surface area contributed by atoms with Crippen LogP contribution in [-0.2, 0) is 0 Å². The van der Waals surface area contributed by atoms with Crippen LogP contribution in [0.25, 0.3) is 0 Å². The Labute approximate surface area is 199 Å². The highest BCUT2D eigenvalue weighted by atomic mass is 16.3. The molecular weight excluding hydrogens is 434 g/mol. The van der Waals surface area contributed by atoms with Crippen molar-refractivity contribution in [2.45, 2.75) is 26.2 Å². The molecule has 6 N–H and O–H groups in total. The van der Waals surface area contributed by atoms with E-state index in [1.165, 1.54) is 12.1 Å². The van der Waals surface area contributed by atoms with Gasteiger partial charge in [-0.3, -0.25) is 15.0 Å². The fraction of sp³-hybridized carbons (Fsp3) is 0.400. The number of hydrogen-bond acceptors (Lipinski definition) is 8. The topological polar surface area (TPSA) is 138 Å². The van der Waals surface area contributed by atoms with E-state index in [9.17, 15) is 19.8 Å². The maximum Gasteiger partial charge on any atom is 0.200 e. The Morgan fingerprint density at radius 2 is 1.38 bits per heavy atom. The van der Waals surface area contributed by atoms with Gasteiger partial charge < -0.3 is 31.1 Å². The number of nitrogens with one attached hydrogen (secondary N) is 4. The van der Waals surface area contributed by atoms with Crippen LogP contribution in [0.15, 0.2) is 24.3 Å². The molecule has 1 aliphatic rings. The first-order chi connectivity index (χ1) is 16.3. The highest BCUT2D eigenvalue weighted by Gasteiger charge is 2.37. The molecule has 0 spiro atoms. The van der Waals surface area contributed by atoms with Crippen LogP contribution in [-0.4, -0.2) is 72.8 Å². The summed E-state index contributed by atoms with van der Waals surface area (Å²) in [6.45, 7) is 4.17. The van der Waals surface area contributed by atoms with E-state index in [1.807, 2.05) is 19.0 Å². The van der Waals surface area contributed by atoms with Gasteiger partial charge in [0.05, 0.1) is 28.1 Å². The van der Waals surface area contributed by atoms with E-state index in [0.29, 0.717) is 49.8 Å². The highest BCUT2D eigenvalue weighted by Crippen LogP contribution is 2.42. The van der Waals surface area contributed by atoms with Crippen LogP contribution in [0.4, 0.5) is 11.4 Å². The second-order valence-corrected chi connectivity index (χ2v) is 8.59. The molecule has 34 heavy (non-hydrogen) atoms. The number of carbonyl (C=O) groups excluding carboxylic acids is 2. The van der Waals surface area contributed by atoms with Gasteiger partial charge in [0.15, 0.2) is 0 Å². The van der Waals surface area contributed by atoms with Gasteiger partial charge in [-0.05, 0) is 44.8 Å². The number of benzene rings is 2. The maximum atomic E-state index is 13.5. The first kappa shape index (κ1) is 25.0. The summed E-state index contributed by atoms with van der Waals surface area (Å²) < 4.78 is 0. The van der Waals surface area contributed by atoms with Crippen molar-refractivity contribution in [3.05, 3.63) is 46.5 Å². The summed E-state index contributed by atoms with van der Waals surface area (Å²) in [6, 6.07) is 5.89. The van der Waals surface area contributed by atoms with Crippen molar-refractivity contribution < 1.29 is 19.8 Å². The predicted octanol–water partition coefficient (Wildman–Crippen LogP) is 3.02. The van der Waals surface area contributed by atoms with Gasteiger partial charge in [-0.2, -0.15) is 0 Å². The normalized spacial score (nSPS) is 12.4. The summed E-state index contributed by atoms with van der Waals surface area (Å²) >= 11 is 0. The van der Waals surface area contributed by atoms with Gasteiger partial charge in [0, 0.05) is 44.0 Å². The Balaban J connectivity index is 1.87. The van der Waals surface area contributed by atoms with E-state index in [4.69, 9.17) is 5.41 Å². The average Bonchev–Trinajstić information content (AvgIpc) is 2.80. The van der Waals surface area contributed by atoms with Crippen molar-refractivity contribution >= 4 is 28.8 Å². The fourth-order valence-corrected chi connectivity index (χ4v) is 3.93. The number of ketones is 2. The number of carbonyl (C=O) groups is 2. The van der Waals surface area contributed by atoms with E-state index < -0.39 is 11.6 Å². The minimum atomic E-state index is -0.527. The largest absolute Gasteiger partial charge is 0.507 e. The van der Waals surface area contributed by atoms with Gasteiger partial charge in [-0.15, -0.1) is 0 Å². The van der Waals surface area contributed by atoms with Gasteiger partial charge >= 0.3 is 0 Å². The van der Waals surface area contributed by atoms with E-state index in [-0.39, 0.29) is 33.8 Å². The molecule has 0 saturated carbocycles. The number of likely N-dealkylation sites (N-methyl/N-ethyl adjacent to an activating group) is 1. The van der Waals surface area contributed by atoms with Crippen molar-refractivity contribution in [1.29, 1.82) is 5.41 Å². The molecule has 9 heteroatoms. The standard InChI is InChI=1S/C25H33N5O4/c1-4-5-6-19(26)29-12-11-27-15-7-9-17(31)22-20(15)24(33)23-18(32)10-8-16(21(23)25(22)34)28-13-14-30(2)3/h7-10,27-28,31-32H,4-6,11-14H2,1-3H3,(H2,26,29). The Hall–Kier alpha value is -3.59. The molecule has 0 amide bonds. The van der Waals surface area contributed by atoms with Crippen molar-refractivity contribution in [1.82, 2.24) is 10.2 Å². The fourth-order valence-electron chi connectivity index (χ4n) is 3.93. The Morgan fingerprint density at radius 1 is 0.853 bits per heavy atom. The van der Waals surface area contributed by atoms with Crippen molar-refractivity contribution in [2.24, 2.45) is 0 Å². The van der Waals surface area contributed by atoms with Crippen LogP contribution >= 0.6 is 0 Å². The Bertz CT molecular complexity index is 1100. The molecule has 3 rings (SSSR count). The van der Waals surface area contributed by atoms with Crippen LogP contribution < -0.4 is 16.0 Å². The van der Waals surface area contributed by atoms with E-state index >= 15 is 0 Å². The third-order valence-electron chi connectivity index (χ3n) is 5.71. The molecule has 0 heterocycles. The Morgan fingerprint density at radius 3 is 1.88 bits per heavy atom. The average molecular weight is 468 g/mol. The lowest BCUT2D eigenvalue weighted by molar-refractivity contribution is 0.0975. The van der Waals surface area contributed by atoms with Crippen LogP contribution in [0, 0.1) is 5.41 Å². The molecular formula is C25H33N5O4. The van der Waals surface area contributed by atoms with Gasteiger partial charge in [0.25, 0.3) is 0 Å². The van der Waals surface area contributed by atoms with Crippen molar-refractivity contribution in [2.75, 3.05) is 50.9 Å². The van der Waals surface area contributed by atoms with Gasteiger partial charge in [-0.1, -0.05) is 13.3 Å². The number of aromatic hydroxyl groups is 2. The molecule has 0 bridgehead atoms. The van der Waals surface area contributed by atoms with Crippen LogP contribution in [0.2, 0.25) is 0 Å². The number of phenolic OH excluding ortho intramolecular Hbond substituents is 2. The number of nitrogens with zero attached hydrogens (tertiary/aromatic N) is 1. The monoisotopic (exact) mass is 467 g/mol. The third kappa shape index (κ3) is 5.31. The molecule has 2 aromatic carbocycles. The van der Waals surface area contributed by atoms with Gasteiger partial charge in [-0.25, -0.2) is 0 Å². The minimum absolute atomic E-state index is 0.0410. The molecule has 0 aliphatic heterocycles.